The Hall–Kier alpha value is -3.54. The Morgan fingerprint density at radius 1 is 0.500 bits per heavy atom. The molecule has 0 radical (unpaired) electrons. The first-order valence-electron chi connectivity index (χ1n) is 7.21. The Balaban J connectivity index is 1.79. The Labute approximate surface area is 136 Å². The second-order valence-electron chi connectivity index (χ2n) is 5.41. The molecule has 4 amide bonds. The fourth-order valence-corrected chi connectivity index (χ4v) is 2.81. The Morgan fingerprint density at radius 3 is 1.25 bits per heavy atom. The largest absolute Gasteiger partial charge is 0.269 e. The molecule has 6 nitrogen and oxygen atoms in total. The lowest BCUT2D eigenvalue weighted by Crippen LogP contribution is -2.29. The van der Waals surface area contributed by atoms with Gasteiger partial charge in [-0.25, -0.2) is 9.80 Å². The van der Waals surface area contributed by atoms with Crippen molar-refractivity contribution in [2.75, 3.05) is 9.80 Å². The summed E-state index contributed by atoms with van der Waals surface area (Å²) in [6.45, 7) is 0. The van der Waals surface area contributed by atoms with Crippen molar-refractivity contribution in [2.24, 2.45) is 0 Å². The molecule has 2 aromatic rings. The summed E-state index contributed by atoms with van der Waals surface area (Å²) >= 11 is 0. The van der Waals surface area contributed by atoms with Crippen LogP contribution < -0.4 is 9.80 Å². The van der Waals surface area contributed by atoms with E-state index < -0.39 is 23.6 Å². The summed E-state index contributed by atoms with van der Waals surface area (Å²) in [5.41, 5.74) is 0.883. The molecule has 0 saturated carbocycles. The quantitative estimate of drug-likeness (QED) is 0.790. The van der Waals surface area contributed by atoms with Crippen LogP contribution >= 0.6 is 0 Å². The number of nitrogens with zero attached hydrogens (tertiary/aromatic N) is 2. The van der Waals surface area contributed by atoms with Gasteiger partial charge in [-0.05, 0) is 35.0 Å². The maximum Gasteiger partial charge on any atom is 0.258 e. The van der Waals surface area contributed by atoms with Crippen LogP contribution in [0.15, 0.2) is 60.7 Å². The van der Waals surface area contributed by atoms with E-state index in [9.17, 15) is 19.2 Å². The van der Waals surface area contributed by atoms with E-state index in [0.29, 0.717) is 16.8 Å². The number of carbonyl (C=O) groups excluding carboxylic acids is 4. The van der Waals surface area contributed by atoms with Crippen molar-refractivity contribution in [3.63, 3.8) is 0 Å². The summed E-state index contributed by atoms with van der Waals surface area (Å²) in [7, 11) is 0. The van der Waals surface area contributed by atoms with Crippen molar-refractivity contribution in [3.8, 4) is 0 Å². The summed E-state index contributed by atoms with van der Waals surface area (Å²) in [6, 6.07) is 10.3. The van der Waals surface area contributed by atoms with Gasteiger partial charge < -0.3 is 0 Å². The molecule has 0 fully saturated rings. The van der Waals surface area contributed by atoms with Crippen LogP contribution in [0.2, 0.25) is 0 Å². The highest BCUT2D eigenvalue weighted by Crippen LogP contribution is 2.29. The lowest BCUT2D eigenvalue weighted by atomic mass is 10.1. The minimum absolute atomic E-state index is 0.399. The molecule has 0 bridgehead atoms. The lowest BCUT2D eigenvalue weighted by Gasteiger charge is -2.17. The third kappa shape index (κ3) is 2.04. The number of carbonyl (C=O) groups is 4. The van der Waals surface area contributed by atoms with Gasteiger partial charge in [-0.1, -0.05) is 12.1 Å². The van der Waals surface area contributed by atoms with Gasteiger partial charge in [-0.3, -0.25) is 19.2 Å². The number of hydrogen-bond donors (Lipinski definition) is 0. The van der Waals surface area contributed by atoms with Gasteiger partial charge in [0.05, 0.1) is 11.4 Å². The smallest absolute Gasteiger partial charge is 0.258 e. The molecule has 0 N–H and O–H groups in total. The maximum absolute atomic E-state index is 11.8. The highest BCUT2D eigenvalue weighted by atomic mass is 16.2. The average Bonchev–Trinajstić information content (AvgIpc) is 3.08. The zero-order valence-corrected chi connectivity index (χ0v) is 12.3. The number of fused-ring (bicyclic) bond motifs is 1. The molecule has 0 aliphatic carbocycles. The second kappa shape index (κ2) is 4.99. The van der Waals surface area contributed by atoms with Crippen LogP contribution in [0.25, 0.3) is 10.8 Å². The van der Waals surface area contributed by atoms with E-state index in [-0.39, 0.29) is 0 Å². The second-order valence-corrected chi connectivity index (χ2v) is 5.41. The average molecular weight is 318 g/mol. The van der Waals surface area contributed by atoms with Crippen LogP contribution in [0.5, 0.6) is 0 Å². The molecule has 2 aliphatic heterocycles. The van der Waals surface area contributed by atoms with Gasteiger partial charge in [-0.2, -0.15) is 0 Å². The first-order valence-corrected chi connectivity index (χ1v) is 7.21. The van der Waals surface area contributed by atoms with Crippen molar-refractivity contribution in [3.05, 3.63) is 60.7 Å². The van der Waals surface area contributed by atoms with Crippen molar-refractivity contribution in [1.82, 2.24) is 0 Å². The third-order valence-corrected chi connectivity index (χ3v) is 3.94. The summed E-state index contributed by atoms with van der Waals surface area (Å²) in [5, 5.41) is 1.58. The molecule has 0 saturated heterocycles. The Bertz CT molecular complexity index is 890. The first kappa shape index (κ1) is 14.1. The van der Waals surface area contributed by atoms with Crippen LogP contribution in [0.4, 0.5) is 11.4 Å². The molecule has 24 heavy (non-hydrogen) atoms. The lowest BCUT2D eigenvalue weighted by molar-refractivity contribution is -0.121. The zero-order valence-electron chi connectivity index (χ0n) is 12.3. The SMILES string of the molecule is O=C1C=CC(=O)N1c1ccc2ccc(N3C(=O)C=CC3=O)cc2c1. The van der Waals surface area contributed by atoms with Gasteiger partial charge in [0.1, 0.15) is 0 Å². The number of amides is 4. The highest BCUT2D eigenvalue weighted by Gasteiger charge is 2.27. The summed E-state index contributed by atoms with van der Waals surface area (Å²) in [6.07, 6.45) is 4.87. The van der Waals surface area contributed by atoms with Crippen LogP contribution in [-0.2, 0) is 19.2 Å². The first-order chi connectivity index (χ1) is 11.5. The van der Waals surface area contributed by atoms with E-state index in [2.05, 4.69) is 0 Å². The van der Waals surface area contributed by atoms with E-state index in [1.165, 1.54) is 24.3 Å². The van der Waals surface area contributed by atoms with Crippen molar-refractivity contribution in [1.29, 1.82) is 0 Å². The van der Waals surface area contributed by atoms with E-state index in [0.717, 1.165) is 15.2 Å². The van der Waals surface area contributed by atoms with Gasteiger partial charge in [0.25, 0.3) is 23.6 Å². The van der Waals surface area contributed by atoms with Crippen molar-refractivity contribution in [2.45, 2.75) is 0 Å². The molecule has 2 heterocycles. The minimum Gasteiger partial charge on any atom is -0.269 e. The maximum atomic E-state index is 11.8. The van der Waals surface area contributed by atoms with E-state index >= 15 is 0 Å². The van der Waals surface area contributed by atoms with Gasteiger partial charge in [0.15, 0.2) is 0 Å². The van der Waals surface area contributed by atoms with Crippen LogP contribution in [-0.4, -0.2) is 23.6 Å². The Morgan fingerprint density at radius 2 is 0.875 bits per heavy atom. The molecule has 116 valence electrons. The monoisotopic (exact) mass is 318 g/mol. The van der Waals surface area contributed by atoms with E-state index in [1.807, 2.05) is 0 Å². The number of imide groups is 2. The van der Waals surface area contributed by atoms with Crippen molar-refractivity contribution < 1.29 is 19.2 Å². The van der Waals surface area contributed by atoms with E-state index in [4.69, 9.17) is 0 Å². The molecule has 0 atom stereocenters. The molecule has 6 heteroatoms. The van der Waals surface area contributed by atoms with Gasteiger partial charge in [-0.15, -0.1) is 0 Å². The third-order valence-electron chi connectivity index (χ3n) is 3.94. The van der Waals surface area contributed by atoms with Crippen LogP contribution in [0, 0.1) is 0 Å². The summed E-state index contributed by atoms with van der Waals surface area (Å²) in [4.78, 5) is 49.3. The molecule has 2 aromatic carbocycles. The fraction of sp³-hybridized carbons (Fsp3) is 0. The molecular formula is C18H10N2O4. The zero-order chi connectivity index (χ0) is 16.8. The minimum atomic E-state index is -0.399. The molecule has 2 aliphatic rings. The molecule has 4 rings (SSSR count). The standard InChI is InChI=1S/C18H10N2O4/c21-15-5-6-16(22)19(15)13-3-1-11-2-4-14(10-12(11)9-13)20-17(23)7-8-18(20)24/h1-10H. The molecular weight excluding hydrogens is 308 g/mol. The molecule has 0 spiro atoms. The van der Waals surface area contributed by atoms with Gasteiger partial charge >= 0.3 is 0 Å². The predicted molar refractivity (Wildman–Crippen MR) is 87.2 cm³/mol. The summed E-state index contributed by atoms with van der Waals surface area (Å²) < 4.78 is 0. The summed E-state index contributed by atoms with van der Waals surface area (Å²) in [5.74, 6) is -1.59. The molecule has 0 aromatic heterocycles. The number of benzene rings is 2. The number of anilines is 2. The van der Waals surface area contributed by atoms with Crippen molar-refractivity contribution >= 4 is 45.8 Å². The topological polar surface area (TPSA) is 74.8 Å². The van der Waals surface area contributed by atoms with Crippen LogP contribution in [0.3, 0.4) is 0 Å². The predicted octanol–water partition coefficient (Wildman–Crippen LogP) is 1.70. The molecule has 0 unspecified atom stereocenters. The number of rotatable bonds is 2. The van der Waals surface area contributed by atoms with Crippen LogP contribution in [0.1, 0.15) is 0 Å². The fourth-order valence-electron chi connectivity index (χ4n) is 2.81. The highest BCUT2D eigenvalue weighted by molar-refractivity contribution is 6.29. The number of hydrogen-bond acceptors (Lipinski definition) is 4. The van der Waals surface area contributed by atoms with Gasteiger partial charge in [0.2, 0.25) is 0 Å². The Kier molecular flexibility index (Phi) is 2.93. The normalized spacial score (nSPS) is 17.0. The van der Waals surface area contributed by atoms with E-state index in [1.54, 1.807) is 36.4 Å². The van der Waals surface area contributed by atoms with Gasteiger partial charge in [0, 0.05) is 24.3 Å².